The molecule has 4 nitrogen and oxygen atoms in total. The van der Waals surface area contributed by atoms with E-state index in [2.05, 4.69) is 22.2 Å². The Balaban J connectivity index is 2.06. The van der Waals surface area contributed by atoms with Gasteiger partial charge < -0.3 is 10.2 Å². The van der Waals surface area contributed by atoms with Crippen molar-refractivity contribution >= 4 is 11.8 Å². The van der Waals surface area contributed by atoms with Gasteiger partial charge in [0.05, 0.1) is 0 Å². The summed E-state index contributed by atoms with van der Waals surface area (Å²) in [7, 11) is 3.91. The van der Waals surface area contributed by atoms with E-state index in [4.69, 9.17) is 0 Å². The number of aromatic nitrogens is 2. The Morgan fingerprint density at radius 3 is 2.81 bits per heavy atom. The van der Waals surface area contributed by atoms with Crippen LogP contribution in [-0.2, 0) is 0 Å². The van der Waals surface area contributed by atoms with Gasteiger partial charge in [0.2, 0.25) is 5.95 Å². The van der Waals surface area contributed by atoms with E-state index in [1.807, 2.05) is 31.3 Å². The predicted molar refractivity (Wildman–Crippen MR) is 66.8 cm³/mol. The second kappa shape index (κ2) is 4.68. The highest BCUT2D eigenvalue weighted by atomic mass is 15.2. The fourth-order valence-corrected chi connectivity index (χ4v) is 2.19. The quantitative estimate of drug-likeness (QED) is 0.847. The van der Waals surface area contributed by atoms with Crippen LogP contribution in [0.25, 0.3) is 0 Å². The first-order chi connectivity index (χ1) is 7.66. The Morgan fingerprint density at radius 2 is 2.19 bits per heavy atom. The summed E-state index contributed by atoms with van der Waals surface area (Å²) in [6.07, 6.45) is 5.71. The van der Waals surface area contributed by atoms with E-state index in [0.29, 0.717) is 6.04 Å². The lowest BCUT2D eigenvalue weighted by molar-refractivity contribution is 0.555. The number of hydrogen-bond acceptors (Lipinski definition) is 4. The molecule has 0 amide bonds. The van der Waals surface area contributed by atoms with Crippen molar-refractivity contribution in [3.05, 3.63) is 12.3 Å². The second-order valence-corrected chi connectivity index (χ2v) is 4.80. The number of nitrogens with one attached hydrogen (secondary N) is 1. The van der Waals surface area contributed by atoms with Crippen molar-refractivity contribution in [3.63, 3.8) is 0 Å². The van der Waals surface area contributed by atoms with Gasteiger partial charge in [-0.2, -0.15) is 4.98 Å². The fourth-order valence-electron chi connectivity index (χ4n) is 2.19. The summed E-state index contributed by atoms with van der Waals surface area (Å²) >= 11 is 0. The normalized spacial score (nSPS) is 24.4. The highest BCUT2D eigenvalue weighted by Crippen LogP contribution is 2.27. The minimum absolute atomic E-state index is 0.574. The number of hydrogen-bond donors (Lipinski definition) is 1. The van der Waals surface area contributed by atoms with Gasteiger partial charge in [0.15, 0.2) is 0 Å². The molecule has 4 heteroatoms. The lowest BCUT2D eigenvalue weighted by Crippen LogP contribution is -2.23. The SMILES string of the molecule is CC1CCCC1Nc1ccnc(N(C)C)n1. The Kier molecular flexibility index (Phi) is 3.27. The van der Waals surface area contributed by atoms with Gasteiger partial charge in [-0.1, -0.05) is 13.3 Å². The minimum Gasteiger partial charge on any atom is -0.367 e. The molecule has 2 rings (SSSR count). The van der Waals surface area contributed by atoms with Gasteiger partial charge in [0.25, 0.3) is 0 Å². The van der Waals surface area contributed by atoms with Gasteiger partial charge in [-0.25, -0.2) is 4.98 Å². The Bertz CT molecular complexity index is 351. The van der Waals surface area contributed by atoms with E-state index in [-0.39, 0.29) is 0 Å². The van der Waals surface area contributed by atoms with E-state index in [1.165, 1.54) is 19.3 Å². The topological polar surface area (TPSA) is 41.1 Å². The van der Waals surface area contributed by atoms with Gasteiger partial charge in [0.1, 0.15) is 5.82 Å². The van der Waals surface area contributed by atoms with Gasteiger partial charge in [-0.05, 0) is 24.8 Å². The lowest BCUT2D eigenvalue weighted by Gasteiger charge is -2.19. The van der Waals surface area contributed by atoms with Crippen LogP contribution < -0.4 is 10.2 Å². The van der Waals surface area contributed by atoms with Crippen LogP contribution in [0.15, 0.2) is 12.3 Å². The number of rotatable bonds is 3. The molecule has 0 saturated heterocycles. The molecule has 88 valence electrons. The van der Waals surface area contributed by atoms with Crippen molar-refractivity contribution in [1.29, 1.82) is 0 Å². The van der Waals surface area contributed by atoms with Crippen LogP contribution >= 0.6 is 0 Å². The molecule has 1 aromatic heterocycles. The van der Waals surface area contributed by atoms with Crippen molar-refractivity contribution < 1.29 is 0 Å². The van der Waals surface area contributed by atoms with Gasteiger partial charge >= 0.3 is 0 Å². The summed E-state index contributed by atoms with van der Waals surface area (Å²) in [5.74, 6) is 2.45. The third-order valence-electron chi connectivity index (χ3n) is 3.24. The molecule has 1 N–H and O–H groups in total. The third-order valence-corrected chi connectivity index (χ3v) is 3.24. The molecule has 1 aliphatic carbocycles. The van der Waals surface area contributed by atoms with Gasteiger partial charge in [0, 0.05) is 26.3 Å². The average molecular weight is 220 g/mol. The van der Waals surface area contributed by atoms with Gasteiger partial charge in [-0.3, -0.25) is 0 Å². The molecule has 0 spiro atoms. The van der Waals surface area contributed by atoms with E-state index in [0.717, 1.165) is 17.7 Å². The van der Waals surface area contributed by atoms with Crippen LogP contribution in [0.1, 0.15) is 26.2 Å². The van der Waals surface area contributed by atoms with Crippen molar-refractivity contribution in [2.75, 3.05) is 24.3 Å². The van der Waals surface area contributed by atoms with Crippen molar-refractivity contribution in [3.8, 4) is 0 Å². The summed E-state index contributed by atoms with van der Waals surface area (Å²) in [5.41, 5.74) is 0. The molecule has 0 bridgehead atoms. The standard InChI is InChI=1S/C12H20N4/c1-9-5-4-6-10(9)14-11-7-8-13-12(15-11)16(2)3/h7-10H,4-6H2,1-3H3,(H,13,14,15). The van der Waals surface area contributed by atoms with E-state index < -0.39 is 0 Å². The predicted octanol–water partition coefficient (Wildman–Crippen LogP) is 2.14. The number of anilines is 2. The third kappa shape index (κ3) is 2.43. The molecule has 1 aromatic rings. The molecule has 0 radical (unpaired) electrons. The first-order valence-corrected chi connectivity index (χ1v) is 5.93. The molecule has 0 aromatic carbocycles. The molecule has 1 aliphatic rings. The minimum atomic E-state index is 0.574. The van der Waals surface area contributed by atoms with Gasteiger partial charge in [-0.15, -0.1) is 0 Å². The largest absolute Gasteiger partial charge is 0.367 e. The van der Waals surface area contributed by atoms with Crippen molar-refractivity contribution in [2.45, 2.75) is 32.2 Å². The molecular weight excluding hydrogens is 200 g/mol. The molecule has 1 heterocycles. The zero-order valence-corrected chi connectivity index (χ0v) is 10.3. The van der Waals surface area contributed by atoms with Crippen LogP contribution in [-0.4, -0.2) is 30.1 Å². The van der Waals surface area contributed by atoms with Crippen LogP contribution in [0.3, 0.4) is 0 Å². The van der Waals surface area contributed by atoms with Crippen molar-refractivity contribution in [1.82, 2.24) is 9.97 Å². The van der Waals surface area contributed by atoms with Crippen LogP contribution in [0.5, 0.6) is 0 Å². The Labute approximate surface area is 97.1 Å². The first-order valence-electron chi connectivity index (χ1n) is 5.93. The first kappa shape index (κ1) is 11.2. The molecule has 1 saturated carbocycles. The Hall–Kier alpha value is -1.32. The summed E-state index contributed by atoms with van der Waals surface area (Å²) < 4.78 is 0. The zero-order valence-electron chi connectivity index (χ0n) is 10.3. The molecule has 2 atom stereocenters. The van der Waals surface area contributed by atoms with E-state index in [1.54, 1.807) is 0 Å². The highest BCUT2D eigenvalue weighted by Gasteiger charge is 2.23. The summed E-state index contributed by atoms with van der Waals surface area (Å²) in [6, 6.07) is 2.52. The highest BCUT2D eigenvalue weighted by molar-refractivity contribution is 5.41. The van der Waals surface area contributed by atoms with Crippen LogP contribution in [0, 0.1) is 5.92 Å². The van der Waals surface area contributed by atoms with E-state index in [9.17, 15) is 0 Å². The van der Waals surface area contributed by atoms with Crippen LogP contribution in [0.4, 0.5) is 11.8 Å². The molecule has 1 fully saturated rings. The molecule has 16 heavy (non-hydrogen) atoms. The maximum absolute atomic E-state index is 4.47. The maximum atomic E-state index is 4.47. The summed E-state index contributed by atoms with van der Waals surface area (Å²) in [6.45, 7) is 2.30. The Morgan fingerprint density at radius 1 is 1.38 bits per heavy atom. The molecular formula is C12H20N4. The number of nitrogens with zero attached hydrogens (tertiary/aromatic N) is 3. The van der Waals surface area contributed by atoms with E-state index >= 15 is 0 Å². The summed E-state index contributed by atoms with van der Waals surface area (Å²) in [5, 5.41) is 3.51. The smallest absolute Gasteiger partial charge is 0.226 e. The molecule has 2 unspecified atom stereocenters. The lowest BCUT2D eigenvalue weighted by atomic mass is 10.1. The average Bonchev–Trinajstić information content (AvgIpc) is 2.65. The maximum Gasteiger partial charge on any atom is 0.226 e. The summed E-state index contributed by atoms with van der Waals surface area (Å²) in [4.78, 5) is 10.6. The zero-order chi connectivity index (χ0) is 11.5. The fraction of sp³-hybridized carbons (Fsp3) is 0.667. The molecule has 0 aliphatic heterocycles. The second-order valence-electron chi connectivity index (χ2n) is 4.80. The monoisotopic (exact) mass is 220 g/mol. The van der Waals surface area contributed by atoms with Crippen molar-refractivity contribution in [2.24, 2.45) is 5.92 Å². The van der Waals surface area contributed by atoms with Crippen LogP contribution in [0.2, 0.25) is 0 Å².